The number of fused-ring (bicyclic) bond motifs is 12. The van der Waals surface area contributed by atoms with Crippen molar-refractivity contribution in [1.29, 1.82) is 0 Å². The molecule has 2 aromatic heterocycles. The molecule has 0 unspecified atom stereocenters. The summed E-state index contributed by atoms with van der Waals surface area (Å²) in [5, 5.41) is 2.62. The molecular weight excluding hydrogens is 783 g/mol. The molecule has 0 saturated heterocycles. The first-order valence-electron chi connectivity index (χ1n) is 21.5. The third-order valence-corrected chi connectivity index (χ3v) is 14.2. The highest BCUT2D eigenvalue weighted by Gasteiger charge is 2.52. The van der Waals surface area contributed by atoms with Gasteiger partial charge in [0.2, 0.25) is 0 Å². The Balaban J connectivity index is 1.11. The van der Waals surface area contributed by atoms with Crippen molar-refractivity contribution in [1.82, 2.24) is 9.97 Å². The van der Waals surface area contributed by atoms with E-state index < -0.39 is 5.41 Å². The normalized spacial score (nSPS) is 13.2. The second-order valence-electron chi connectivity index (χ2n) is 16.4. The average Bonchev–Trinajstić information content (AvgIpc) is 3.88. The van der Waals surface area contributed by atoms with Crippen molar-refractivity contribution in [2.24, 2.45) is 0 Å². The second-order valence-corrected chi connectivity index (χ2v) is 17.5. The van der Waals surface area contributed by atoms with Crippen molar-refractivity contribution >= 4 is 48.6 Å². The fourth-order valence-electron chi connectivity index (χ4n) is 10.4. The fraction of sp³-hybridized carbons (Fsp3) is 0.0169. The number of benzene rings is 9. The molecule has 3 heterocycles. The van der Waals surface area contributed by atoms with E-state index in [1.807, 2.05) is 17.4 Å². The van der Waals surface area contributed by atoms with E-state index in [0.717, 1.165) is 33.8 Å². The second kappa shape index (κ2) is 14.1. The third-order valence-electron chi connectivity index (χ3n) is 13.1. The summed E-state index contributed by atoms with van der Waals surface area (Å²) < 4.78 is 2.61. The minimum atomic E-state index is -0.620. The van der Waals surface area contributed by atoms with Crippen LogP contribution < -0.4 is 4.90 Å². The maximum atomic E-state index is 5.44. The summed E-state index contributed by atoms with van der Waals surface area (Å²) in [6.45, 7) is 0. The van der Waals surface area contributed by atoms with Crippen LogP contribution >= 0.6 is 11.3 Å². The number of hydrogen-bond acceptors (Lipinski definition) is 4. The summed E-state index contributed by atoms with van der Waals surface area (Å²) in [4.78, 5) is 13.1. The molecular formula is C59H37N3S. The summed E-state index contributed by atoms with van der Waals surface area (Å²) in [7, 11) is 0. The monoisotopic (exact) mass is 819 g/mol. The molecule has 63 heavy (non-hydrogen) atoms. The van der Waals surface area contributed by atoms with E-state index in [1.165, 1.54) is 76.1 Å². The summed E-state index contributed by atoms with van der Waals surface area (Å²) in [6.07, 6.45) is 0. The minimum Gasteiger partial charge on any atom is -0.310 e. The number of hydrogen-bond donors (Lipinski definition) is 0. The van der Waals surface area contributed by atoms with Crippen LogP contribution in [0, 0.1) is 0 Å². The highest BCUT2D eigenvalue weighted by Crippen LogP contribution is 2.65. The molecule has 294 valence electrons. The SMILES string of the molecule is c1ccc(-c2cc(-c3cccc4c3-c3cc(-c5ccc6c(c5)sc5ccccc56)ccc3C43c4ccccc4N(c4ccccc4)c4ccccc43)nc(-c3ccccc3)n2)cc1. The van der Waals surface area contributed by atoms with Crippen LogP contribution in [0.1, 0.15) is 22.3 Å². The van der Waals surface area contributed by atoms with Gasteiger partial charge in [-0.3, -0.25) is 0 Å². The Hall–Kier alpha value is -7.92. The van der Waals surface area contributed by atoms with E-state index in [1.54, 1.807) is 0 Å². The van der Waals surface area contributed by atoms with Gasteiger partial charge in [0.05, 0.1) is 28.2 Å². The van der Waals surface area contributed by atoms with E-state index in [-0.39, 0.29) is 0 Å². The number of aromatic nitrogens is 2. The van der Waals surface area contributed by atoms with Gasteiger partial charge in [0.25, 0.3) is 0 Å². The lowest BCUT2D eigenvalue weighted by atomic mass is 9.64. The fourth-order valence-corrected chi connectivity index (χ4v) is 11.6. The number of anilines is 3. The Labute approximate surface area is 369 Å². The van der Waals surface area contributed by atoms with Crippen LogP contribution in [-0.2, 0) is 5.41 Å². The van der Waals surface area contributed by atoms with Gasteiger partial charge in [-0.25, -0.2) is 9.97 Å². The summed E-state index contributed by atoms with van der Waals surface area (Å²) in [5.74, 6) is 0.703. The highest BCUT2D eigenvalue weighted by atomic mass is 32.1. The van der Waals surface area contributed by atoms with Crippen LogP contribution in [0.25, 0.3) is 76.3 Å². The smallest absolute Gasteiger partial charge is 0.160 e. The maximum absolute atomic E-state index is 5.44. The largest absolute Gasteiger partial charge is 0.310 e. The topological polar surface area (TPSA) is 29.0 Å². The van der Waals surface area contributed by atoms with E-state index in [0.29, 0.717) is 5.82 Å². The number of nitrogens with zero attached hydrogens (tertiary/aromatic N) is 3. The average molecular weight is 820 g/mol. The first-order chi connectivity index (χ1) is 31.2. The minimum absolute atomic E-state index is 0.620. The van der Waals surface area contributed by atoms with Crippen molar-refractivity contribution in [3.8, 4) is 56.2 Å². The van der Waals surface area contributed by atoms with E-state index in [9.17, 15) is 0 Å². The Morgan fingerprint density at radius 3 is 1.71 bits per heavy atom. The van der Waals surface area contributed by atoms with Crippen molar-refractivity contribution in [2.45, 2.75) is 5.41 Å². The molecule has 2 aliphatic rings. The van der Waals surface area contributed by atoms with Gasteiger partial charge >= 0.3 is 0 Å². The van der Waals surface area contributed by atoms with Crippen molar-refractivity contribution in [3.05, 3.63) is 247 Å². The van der Waals surface area contributed by atoms with Crippen molar-refractivity contribution in [3.63, 3.8) is 0 Å². The third kappa shape index (κ3) is 5.38. The van der Waals surface area contributed by atoms with Crippen LogP contribution in [0.5, 0.6) is 0 Å². The van der Waals surface area contributed by atoms with Gasteiger partial charge in [0, 0.05) is 42.6 Å². The number of rotatable bonds is 5. The van der Waals surface area contributed by atoms with Gasteiger partial charge < -0.3 is 4.90 Å². The zero-order valence-electron chi connectivity index (χ0n) is 34.1. The van der Waals surface area contributed by atoms with Gasteiger partial charge in [-0.15, -0.1) is 11.3 Å². The first kappa shape index (κ1) is 35.8. The molecule has 13 rings (SSSR count). The lowest BCUT2D eigenvalue weighted by molar-refractivity contribution is 0.753. The van der Waals surface area contributed by atoms with Crippen molar-refractivity contribution in [2.75, 3.05) is 4.90 Å². The maximum Gasteiger partial charge on any atom is 0.160 e. The lowest BCUT2D eigenvalue weighted by Gasteiger charge is -2.45. The molecule has 11 aromatic rings. The summed E-state index contributed by atoms with van der Waals surface area (Å²) in [5.41, 5.74) is 17.6. The van der Waals surface area contributed by atoms with Gasteiger partial charge in [0.1, 0.15) is 0 Å². The molecule has 1 aliphatic carbocycles. The molecule has 9 aromatic carbocycles. The molecule has 1 spiro atoms. The van der Waals surface area contributed by atoms with Gasteiger partial charge in [-0.1, -0.05) is 176 Å². The van der Waals surface area contributed by atoms with Gasteiger partial charge in [-0.05, 0) is 93.0 Å². The number of thiophene rings is 1. The van der Waals surface area contributed by atoms with Crippen LogP contribution in [0.3, 0.4) is 0 Å². The Morgan fingerprint density at radius 2 is 0.952 bits per heavy atom. The molecule has 1 aliphatic heterocycles. The molecule has 0 bridgehead atoms. The van der Waals surface area contributed by atoms with E-state index in [2.05, 4.69) is 223 Å². The van der Waals surface area contributed by atoms with Gasteiger partial charge in [-0.2, -0.15) is 0 Å². The Kier molecular flexibility index (Phi) is 7.99. The zero-order chi connectivity index (χ0) is 41.5. The Bertz CT molecular complexity index is 3470. The Morgan fingerprint density at radius 1 is 0.365 bits per heavy atom. The number of para-hydroxylation sites is 3. The molecule has 0 saturated carbocycles. The predicted octanol–water partition coefficient (Wildman–Crippen LogP) is 15.7. The molecule has 0 fully saturated rings. The molecule has 0 N–H and O–H groups in total. The van der Waals surface area contributed by atoms with Crippen LogP contribution in [0.2, 0.25) is 0 Å². The highest BCUT2D eigenvalue weighted by molar-refractivity contribution is 7.25. The van der Waals surface area contributed by atoms with Crippen molar-refractivity contribution < 1.29 is 0 Å². The first-order valence-corrected chi connectivity index (χ1v) is 22.3. The lowest BCUT2D eigenvalue weighted by Crippen LogP contribution is -2.36. The van der Waals surface area contributed by atoms with E-state index in [4.69, 9.17) is 9.97 Å². The quantitative estimate of drug-likeness (QED) is 0.173. The molecule has 0 amide bonds. The molecule has 3 nitrogen and oxygen atoms in total. The van der Waals surface area contributed by atoms with Gasteiger partial charge in [0.15, 0.2) is 5.82 Å². The van der Waals surface area contributed by atoms with Crippen LogP contribution in [-0.4, -0.2) is 9.97 Å². The molecule has 4 heteroatoms. The predicted molar refractivity (Wildman–Crippen MR) is 262 cm³/mol. The van der Waals surface area contributed by atoms with Crippen LogP contribution in [0.4, 0.5) is 17.1 Å². The van der Waals surface area contributed by atoms with E-state index >= 15 is 0 Å². The van der Waals surface area contributed by atoms with Crippen LogP contribution in [0.15, 0.2) is 224 Å². The summed E-state index contributed by atoms with van der Waals surface area (Å²) >= 11 is 1.86. The standard InChI is InChI=1S/C59H37N3S/c1-4-17-38(18-5-1)51-37-52(61-58(60-51)39-19-6-2-7-20-39)45-24-16-27-50-57(45)46-35-40(41-31-33-44-43-23-10-15-30-55(43)63-56(44)36-41)32-34-47(46)59(50)48-25-11-13-28-53(48)62(42-21-8-3-9-22-42)54-29-14-12-26-49(54)59/h1-37H. The molecule has 0 radical (unpaired) electrons. The summed E-state index contributed by atoms with van der Waals surface area (Å²) in [6, 6.07) is 81.6. The molecule has 0 atom stereocenters. The zero-order valence-corrected chi connectivity index (χ0v) is 34.9.